The normalized spacial score (nSPS) is 14.7. The number of anilines is 1. The lowest BCUT2D eigenvalue weighted by atomic mass is 10.0. The average Bonchev–Trinajstić information content (AvgIpc) is 3.43. The van der Waals surface area contributed by atoms with Gasteiger partial charge in [-0.05, 0) is 97.0 Å². The Morgan fingerprint density at radius 2 is 0.852 bits per heavy atom. The van der Waals surface area contributed by atoms with Gasteiger partial charge in [-0.1, -0.05) is 107 Å². The zero-order valence-corrected chi connectivity index (χ0v) is 34.1. The van der Waals surface area contributed by atoms with Crippen molar-refractivity contribution in [1.82, 2.24) is 0 Å². The molecule has 0 saturated heterocycles. The van der Waals surface area contributed by atoms with E-state index < -0.39 is 46.1 Å². The minimum absolute atomic E-state index is 0.0637. The van der Waals surface area contributed by atoms with Crippen LogP contribution in [0, 0.1) is 11.8 Å². The number of carbonyl (C=O) groups is 1. The Hall–Kier alpha value is -3.92. The van der Waals surface area contributed by atoms with Gasteiger partial charge >= 0.3 is 0 Å². The third-order valence-corrected chi connectivity index (χ3v) is 12.5. The molecule has 54 heavy (non-hydrogen) atoms. The molecule has 5 rings (SSSR count). The minimum Gasteiger partial charge on any atom is -0.304 e. The summed E-state index contributed by atoms with van der Waals surface area (Å²) in [6.45, 7) is 13.4. The van der Waals surface area contributed by atoms with E-state index in [1.165, 1.54) is 31.9 Å². The van der Waals surface area contributed by atoms with Crippen molar-refractivity contribution in [3.8, 4) is 0 Å². The molecule has 3 unspecified atom stereocenters. The molecule has 1 heterocycles. The molecule has 0 spiro atoms. The van der Waals surface area contributed by atoms with E-state index in [9.17, 15) is 30.0 Å². The van der Waals surface area contributed by atoms with Crippen LogP contribution in [-0.4, -0.2) is 44.8 Å². The van der Waals surface area contributed by atoms with Crippen molar-refractivity contribution in [3.05, 3.63) is 136 Å². The van der Waals surface area contributed by atoms with Gasteiger partial charge in [0.25, 0.3) is 36.3 Å². The third kappa shape index (κ3) is 12.8. The summed E-state index contributed by atoms with van der Waals surface area (Å²) in [5, 5.41) is -2.71. The van der Waals surface area contributed by atoms with Crippen molar-refractivity contribution in [2.24, 2.45) is 11.8 Å². The molecule has 0 bridgehead atoms. The molecule has 1 amide bonds. The average molecular weight is 802 g/mol. The Bertz CT molecular complexity index is 2100. The summed E-state index contributed by atoms with van der Waals surface area (Å²) in [6, 6.07) is 28.8. The van der Waals surface area contributed by atoms with E-state index in [4.69, 9.17) is 13.7 Å². The number of hydrogen-bond acceptors (Lipinski definition) is 7. The van der Waals surface area contributed by atoms with Crippen molar-refractivity contribution < 1.29 is 43.7 Å². The fourth-order valence-electron chi connectivity index (χ4n) is 5.70. The summed E-state index contributed by atoms with van der Waals surface area (Å²) >= 11 is 0. The Morgan fingerprint density at radius 1 is 0.519 bits per heavy atom. The number of benzene rings is 4. The van der Waals surface area contributed by atoms with Crippen LogP contribution >= 0.6 is 0 Å². The molecule has 14 heteroatoms. The first-order valence-corrected chi connectivity index (χ1v) is 22.1. The van der Waals surface area contributed by atoms with Gasteiger partial charge in [0.15, 0.2) is 0 Å². The van der Waals surface area contributed by atoms with Gasteiger partial charge < -0.3 is 4.90 Å². The minimum atomic E-state index is -4.12. The molecule has 4 aromatic rings. The van der Waals surface area contributed by atoms with E-state index in [1.54, 1.807) is 59.5 Å². The van der Waals surface area contributed by atoms with E-state index in [0.29, 0.717) is 46.3 Å². The van der Waals surface area contributed by atoms with Crippen LogP contribution in [0.4, 0.5) is 5.69 Å². The molecule has 0 radical (unpaired) electrons. The first kappa shape index (κ1) is 44.5. The second-order valence-electron chi connectivity index (χ2n) is 14.3. The smallest absolute Gasteiger partial charge is 0.271 e. The standard InChI is InChI=1S/C16H15NO4S.2C12H18O3S/c1-11(22(19,20)21)12-6-8-14(9-7-12)17-10-13-4-2-3-5-15(13)16(17)18;2*1-9(2)8-11-4-6-12(7-5-11)10(3)16(13,14)15/h2-9,11H,10H2,1H3,(H,19,20,21);2*4-7,9-10H,8H2,1-3H3,(H,13,14,15). The molecular formula is C40H51NO10S3. The van der Waals surface area contributed by atoms with Crippen LogP contribution in [0.2, 0.25) is 0 Å². The molecule has 3 N–H and O–H groups in total. The fraction of sp³-hybridized carbons (Fsp3) is 0.375. The summed E-state index contributed by atoms with van der Waals surface area (Å²) in [4.78, 5) is 14.0. The first-order valence-electron chi connectivity index (χ1n) is 17.5. The van der Waals surface area contributed by atoms with Gasteiger partial charge in [-0.2, -0.15) is 25.3 Å². The summed E-state index contributed by atoms with van der Waals surface area (Å²) in [5.74, 6) is 1.08. The van der Waals surface area contributed by atoms with E-state index in [1.807, 2.05) is 42.5 Å². The Labute approximate surface area is 320 Å². The predicted octanol–water partition coefficient (Wildman–Crippen LogP) is 8.46. The molecule has 1 aliphatic rings. The number of rotatable bonds is 11. The Balaban J connectivity index is 0.000000223. The largest absolute Gasteiger partial charge is 0.304 e. The van der Waals surface area contributed by atoms with E-state index in [-0.39, 0.29) is 5.91 Å². The van der Waals surface area contributed by atoms with Crippen LogP contribution in [-0.2, 0) is 49.7 Å². The van der Waals surface area contributed by atoms with E-state index in [2.05, 4.69) is 27.7 Å². The van der Waals surface area contributed by atoms with E-state index in [0.717, 1.165) is 18.4 Å². The fourth-order valence-corrected chi connectivity index (χ4v) is 7.20. The number of hydrogen-bond donors (Lipinski definition) is 3. The summed E-state index contributed by atoms with van der Waals surface area (Å²) < 4.78 is 93.1. The van der Waals surface area contributed by atoms with Crippen LogP contribution in [0.15, 0.2) is 97.1 Å². The lowest BCUT2D eigenvalue weighted by molar-refractivity contribution is 0.0996. The van der Waals surface area contributed by atoms with Gasteiger partial charge in [0.1, 0.15) is 15.7 Å². The highest BCUT2D eigenvalue weighted by atomic mass is 32.2. The summed E-state index contributed by atoms with van der Waals surface area (Å²) in [7, 11) is -12.1. The van der Waals surface area contributed by atoms with Gasteiger partial charge in [0, 0.05) is 11.3 Å². The van der Waals surface area contributed by atoms with Crippen LogP contribution in [0.3, 0.4) is 0 Å². The van der Waals surface area contributed by atoms with Crippen molar-refractivity contribution in [3.63, 3.8) is 0 Å². The zero-order valence-electron chi connectivity index (χ0n) is 31.6. The zero-order chi connectivity index (χ0) is 40.6. The van der Waals surface area contributed by atoms with Gasteiger partial charge in [-0.3, -0.25) is 18.5 Å². The van der Waals surface area contributed by atoms with Crippen molar-refractivity contribution >= 4 is 41.9 Å². The number of amides is 1. The number of carbonyl (C=O) groups excluding carboxylic acids is 1. The molecule has 0 aromatic heterocycles. The lowest BCUT2D eigenvalue weighted by Crippen LogP contribution is -2.23. The maximum atomic E-state index is 12.4. The molecule has 294 valence electrons. The van der Waals surface area contributed by atoms with Crippen molar-refractivity contribution in [2.45, 2.75) is 83.6 Å². The lowest BCUT2D eigenvalue weighted by Gasteiger charge is -2.17. The quantitative estimate of drug-likeness (QED) is 0.124. The molecule has 4 aromatic carbocycles. The van der Waals surface area contributed by atoms with Crippen molar-refractivity contribution in [2.75, 3.05) is 4.90 Å². The molecule has 1 aliphatic heterocycles. The van der Waals surface area contributed by atoms with E-state index >= 15 is 0 Å². The summed E-state index contributed by atoms with van der Waals surface area (Å²) in [6.07, 6.45) is 1.95. The molecule has 0 aliphatic carbocycles. The van der Waals surface area contributed by atoms with Crippen molar-refractivity contribution in [1.29, 1.82) is 0 Å². The summed E-state index contributed by atoms with van der Waals surface area (Å²) in [5.41, 5.74) is 6.45. The second-order valence-corrected chi connectivity index (χ2v) is 19.5. The second kappa shape index (κ2) is 18.6. The van der Waals surface area contributed by atoms with Crippen LogP contribution < -0.4 is 4.90 Å². The molecule has 3 atom stereocenters. The highest BCUT2D eigenvalue weighted by Gasteiger charge is 2.28. The monoisotopic (exact) mass is 801 g/mol. The highest BCUT2D eigenvalue weighted by Crippen LogP contribution is 2.30. The van der Waals surface area contributed by atoms with Gasteiger partial charge in [0.05, 0.1) is 6.54 Å². The Kier molecular flexibility index (Phi) is 15.3. The third-order valence-electron chi connectivity index (χ3n) is 9.02. The highest BCUT2D eigenvalue weighted by molar-refractivity contribution is 7.86. The van der Waals surface area contributed by atoms with Gasteiger partial charge in [-0.25, -0.2) is 0 Å². The topological polar surface area (TPSA) is 183 Å². The predicted molar refractivity (Wildman–Crippen MR) is 213 cm³/mol. The first-order chi connectivity index (χ1) is 25.0. The number of nitrogens with zero attached hydrogens (tertiary/aromatic N) is 1. The maximum absolute atomic E-state index is 12.4. The molecule has 0 fully saturated rings. The molecule has 11 nitrogen and oxygen atoms in total. The van der Waals surface area contributed by atoms with Gasteiger partial charge in [-0.15, -0.1) is 0 Å². The van der Waals surface area contributed by atoms with Crippen LogP contribution in [0.1, 0.15) is 108 Å². The van der Waals surface area contributed by atoms with Gasteiger partial charge in [0.2, 0.25) is 0 Å². The van der Waals surface area contributed by atoms with Crippen LogP contribution in [0.5, 0.6) is 0 Å². The SMILES string of the molecule is CC(C)Cc1ccc(C(C)S(=O)(=O)O)cc1.CC(C)Cc1ccc(C(C)S(=O)(=O)O)cc1.CC(c1ccc(N2Cc3ccccc3C2=O)cc1)S(=O)(=O)O. The molecule has 0 saturated carbocycles. The molecular weight excluding hydrogens is 751 g/mol. The number of fused-ring (bicyclic) bond motifs is 1. The van der Waals surface area contributed by atoms with Crippen LogP contribution in [0.25, 0.3) is 0 Å². The maximum Gasteiger partial charge on any atom is 0.271 e. The Morgan fingerprint density at radius 3 is 1.17 bits per heavy atom.